The summed E-state index contributed by atoms with van der Waals surface area (Å²) >= 11 is 0. The molecule has 1 unspecified atom stereocenters. The maximum absolute atomic E-state index is 13.2. The van der Waals surface area contributed by atoms with E-state index in [-0.39, 0.29) is 23.2 Å². The first-order valence-electron chi connectivity index (χ1n) is 9.23. The second-order valence-electron chi connectivity index (χ2n) is 7.10. The van der Waals surface area contributed by atoms with Gasteiger partial charge in [-0.15, -0.1) is 0 Å². The van der Waals surface area contributed by atoms with E-state index < -0.39 is 15.8 Å². The number of methoxy groups -OCH3 is 1. The average Bonchev–Trinajstić information content (AvgIpc) is 2.69. The Morgan fingerprint density at radius 1 is 1.21 bits per heavy atom. The second-order valence-corrected chi connectivity index (χ2v) is 9.04. The van der Waals surface area contributed by atoms with Crippen molar-refractivity contribution in [1.29, 1.82) is 0 Å². The van der Waals surface area contributed by atoms with E-state index in [4.69, 9.17) is 4.74 Å². The molecular weight excluding hydrogens is 381 g/mol. The van der Waals surface area contributed by atoms with E-state index in [1.807, 2.05) is 25.1 Å². The van der Waals surface area contributed by atoms with Crippen LogP contribution in [0.2, 0.25) is 0 Å². The summed E-state index contributed by atoms with van der Waals surface area (Å²) in [5.41, 5.74) is 2.98. The number of carbonyl (C=O) groups is 1. The predicted molar refractivity (Wildman–Crippen MR) is 104 cm³/mol. The molecule has 150 valence electrons. The molecule has 0 spiro atoms. The lowest BCUT2D eigenvalue weighted by atomic mass is 9.87. The van der Waals surface area contributed by atoms with Crippen LogP contribution in [0, 0.1) is 12.7 Å². The Kier molecular flexibility index (Phi) is 6.15. The summed E-state index contributed by atoms with van der Waals surface area (Å²) in [7, 11) is -2.32. The van der Waals surface area contributed by atoms with Crippen molar-refractivity contribution >= 4 is 16.0 Å². The van der Waals surface area contributed by atoms with E-state index in [1.54, 1.807) is 0 Å². The highest BCUT2D eigenvalue weighted by atomic mass is 32.2. The number of sulfonamides is 1. The van der Waals surface area contributed by atoms with Crippen molar-refractivity contribution in [1.82, 2.24) is 4.31 Å². The van der Waals surface area contributed by atoms with Gasteiger partial charge in [-0.25, -0.2) is 12.8 Å². The smallest absolute Gasteiger partial charge is 0.309 e. The zero-order chi connectivity index (χ0) is 20.3. The van der Waals surface area contributed by atoms with E-state index in [1.165, 1.54) is 23.5 Å². The van der Waals surface area contributed by atoms with Crippen LogP contribution in [-0.4, -0.2) is 38.9 Å². The van der Waals surface area contributed by atoms with E-state index >= 15 is 0 Å². The standard InChI is InChI=1S/C21H24FNO4S/c1-15-5-6-16(13-21(24)27-2)12-20(15)17-4-3-11-23(14-17)28(25,26)19-9-7-18(22)8-10-19/h5-10,12,17H,3-4,11,13-14H2,1-2H3. The molecule has 0 amide bonds. The lowest BCUT2D eigenvalue weighted by Gasteiger charge is -2.33. The van der Waals surface area contributed by atoms with Crippen LogP contribution < -0.4 is 0 Å². The number of halogens is 1. The van der Waals surface area contributed by atoms with Crippen LogP contribution in [0.5, 0.6) is 0 Å². The van der Waals surface area contributed by atoms with E-state index in [0.29, 0.717) is 13.1 Å². The van der Waals surface area contributed by atoms with Crippen LogP contribution in [0.25, 0.3) is 0 Å². The highest BCUT2D eigenvalue weighted by Gasteiger charge is 2.31. The molecule has 1 aliphatic heterocycles. The summed E-state index contributed by atoms with van der Waals surface area (Å²) < 4.78 is 45.3. The summed E-state index contributed by atoms with van der Waals surface area (Å²) in [6.45, 7) is 2.80. The molecule has 2 aromatic carbocycles. The summed E-state index contributed by atoms with van der Waals surface area (Å²) in [6.07, 6.45) is 1.80. The van der Waals surface area contributed by atoms with Gasteiger partial charge in [-0.05, 0) is 66.6 Å². The van der Waals surface area contributed by atoms with Gasteiger partial charge >= 0.3 is 5.97 Å². The number of esters is 1. The maximum atomic E-state index is 13.2. The number of ether oxygens (including phenoxy) is 1. The molecule has 28 heavy (non-hydrogen) atoms. The van der Waals surface area contributed by atoms with Gasteiger partial charge in [0.15, 0.2) is 0 Å². The molecule has 3 rings (SSSR count). The fraction of sp³-hybridized carbons (Fsp3) is 0.381. The molecular formula is C21H24FNO4S. The van der Waals surface area contributed by atoms with Gasteiger partial charge < -0.3 is 4.74 Å². The molecule has 0 bridgehead atoms. The van der Waals surface area contributed by atoms with Crippen molar-refractivity contribution in [2.75, 3.05) is 20.2 Å². The molecule has 1 aliphatic rings. The van der Waals surface area contributed by atoms with Gasteiger partial charge in [-0.2, -0.15) is 4.31 Å². The van der Waals surface area contributed by atoms with Crippen molar-refractivity contribution in [2.24, 2.45) is 0 Å². The number of rotatable bonds is 5. The fourth-order valence-corrected chi connectivity index (χ4v) is 5.17. The van der Waals surface area contributed by atoms with Gasteiger partial charge in [0, 0.05) is 13.1 Å². The fourth-order valence-electron chi connectivity index (χ4n) is 3.65. The predicted octanol–water partition coefficient (Wildman–Crippen LogP) is 3.42. The highest BCUT2D eigenvalue weighted by molar-refractivity contribution is 7.89. The van der Waals surface area contributed by atoms with Crippen LogP contribution in [0.4, 0.5) is 4.39 Å². The van der Waals surface area contributed by atoms with E-state index in [9.17, 15) is 17.6 Å². The molecule has 0 saturated carbocycles. The quantitative estimate of drug-likeness (QED) is 0.715. The molecule has 1 saturated heterocycles. The summed E-state index contributed by atoms with van der Waals surface area (Å²) in [6, 6.07) is 10.8. The number of benzene rings is 2. The molecule has 0 aromatic heterocycles. The Balaban J connectivity index is 1.84. The molecule has 1 fully saturated rings. The van der Waals surface area contributed by atoms with Crippen molar-refractivity contribution < 1.29 is 22.3 Å². The maximum Gasteiger partial charge on any atom is 0.309 e. The van der Waals surface area contributed by atoms with Gasteiger partial charge in [-0.3, -0.25) is 4.79 Å². The zero-order valence-electron chi connectivity index (χ0n) is 16.0. The van der Waals surface area contributed by atoms with Crippen molar-refractivity contribution in [3.8, 4) is 0 Å². The van der Waals surface area contributed by atoms with Crippen molar-refractivity contribution in [2.45, 2.75) is 37.0 Å². The number of carbonyl (C=O) groups excluding carboxylic acids is 1. The third-order valence-corrected chi connectivity index (χ3v) is 7.07. The Morgan fingerprint density at radius 2 is 1.93 bits per heavy atom. The third-order valence-electron chi connectivity index (χ3n) is 5.20. The number of hydrogen-bond donors (Lipinski definition) is 0. The first-order valence-corrected chi connectivity index (χ1v) is 10.7. The van der Waals surface area contributed by atoms with Crippen molar-refractivity contribution in [3.63, 3.8) is 0 Å². The second kappa shape index (κ2) is 8.41. The van der Waals surface area contributed by atoms with Crippen LogP contribution in [0.3, 0.4) is 0 Å². The Bertz CT molecular complexity index is 957. The summed E-state index contributed by atoms with van der Waals surface area (Å²) in [4.78, 5) is 11.7. The molecule has 0 N–H and O–H groups in total. The van der Waals surface area contributed by atoms with Gasteiger partial charge in [-0.1, -0.05) is 18.2 Å². The topological polar surface area (TPSA) is 63.7 Å². The molecule has 1 atom stereocenters. The Hall–Kier alpha value is -2.25. The van der Waals surface area contributed by atoms with Gasteiger partial charge in [0.05, 0.1) is 18.4 Å². The molecule has 7 heteroatoms. The first kappa shape index (κ1) is 20.5. The highest BCUT2D eigenvalue weighted by Crippen LogP contribution is 2.32. The number of hydrogen-bond acceptors (Lipinski definition) is 4. The van der Waals surface area contributed by atoms with Gasteiger partial charge in [0.2, 0.25) is 10.0 Å². The Labute approximate surface area is 165 Å². The molecule has 2 aromatic rings. The SMILES string of the molecule is COC(=O)Cc1ccc(C)c(C2CCCN(S(=O)(=O)c3ccc(F)cc3)C2)c1. The van der Waals surface area contributed by atoms with Crippen LogP contribution in [0.15, 0.2) is 47.4 Å². The largest absolute Gasteiger partial charge is 0.469 e. The van der Waals surface area contributed by atoms with Crippen LogP contribution in [0.1, 0.15) is 35.4 Å². The van der Waals surface area contributed by atoms with Gasteiger partial charge in [0.1, 0.15) is 5.82 Å². The summed E-state index contributed by atoms with van der Waals surface area (Å²) in [5, 5.41) is 0. The van der Waals surface area contributed by atoms with E-state index in [0.717, 1.165) is 41.7 Å². The molecule has 1 heterocycles. The molecule has 5 nitrogen and oxygen atoms in total. The third kappa shape index (κ3) is 4.42. The minimum absolute atomic E-state index is 0.0431. The molecule has 0 radical (unpaired) electrons. The number of piperidine rings is 1. The monoisotopic (exact) mass is 405 g/mol. The van der Waals surface area contributed by atoms with E-state index in [2.05, 4.69) is 0 Å². The van der Waals surface area contributed by atoms with Crippen LogP contribution in [-0.2, 0) is 26.0 Å². The lowest BCUT2D eigenvalue weighted by molar-refractivity contribution is -0.139. The van der Waals surface area contributed by atoms with Crippen molar-refractivity contribution in [3.05, 3.63) is 65.0 Å². The van der Waals surface area contributed by atoms with Crippen LogP contribution >= 0.6 is 0 Å². The number of aryl methyl sites for hydroxylation is 1. The summed E-state index contributed by atoms with van der Waals surface area (Å²) in [5.74, 6) is -0.728. The Morgan fingerprint density at radius 3 is 2.61 bits per heavy atom. The van der Waals surface area contributed by atoms with Gasteiger partial charge in [0.25, 0.3) is 0 Å². The average molecular weight is 405 g/mol. The minimum atomic E-state index is -3.67. The molecule has 0 aliphatic carbocycles. The zero-order valence-corrected chi connectivity index (χ0v) is 16.8. The normalized spacial score (nSPS) is 18.0. The minimum Gasteiger partial charge on any atom is -0.469 e. The first-order chi connectivity index (χ1) is 13.3. The lowest BCUT2D eigenvalue weighted by Crippen LogP contribution is -2.39. The number of nitrogens with zero attached hydrogens (tertiary/aromatic N) is 1.